The largest absolute Gasteiger partial charge is 0.489 e. The van der Waals surface area contributed by atoms with Gasteiger partial charge in [0.2, 0.25) is 0 Å². The fourth-order valence-electron chi connectivity index (χ4n) is 2.55. The van der Waals surface area contributed by atoms with Gasteiger partial charge in [-0.25, -0.2) is 0 Å². The predicted molar refractivity (Wildman–Crippen MR) is 96.8 cm³/mol. The first kappa shape index (κ1) is 18.1. The van der Waals surface area contributed by atoms with Crippen LogP contribution in [0.5, 0.6) is 17.2 Å². The van der Waals surface area contributed by atoms with E-state index in [2.05, 4.69) is 6.07 Å². The van der Waals surface area contributed by atoms with Gasteiger partial charge in [0.15, 0.2) is 0 Å². The number of ether oxygens (including phenoxy) is 2. The number of aliphatic carboxylic acids is 1. The lowest BCUT2D eigenvalue weighted by atomic mass is 10.0. The molecule has 0 aliphatic rings. The quantitative estimate of drug-likeness (QED) is 0.666. The topological polar surface area (TPSA) is 92.7 Å². The van der Waals surface area contributed by atoms with Crippen LogP contribution in [0.25, 0.3) is 0 Å². The Morgan fingerprint density at radius 1 is 1.22 bits per heavy atom. The Balaban J connectivity index is 1.84. The molecule has 0 amide bonds. The molecule has 6 heteroatoms. The van der Waals surface area contributed by atoms with Crippen LogP contribution in [-0.4, -0.2) is 11.1 Å². The van der Waals surface area contributed by atoms with E-state index in [1.807, 2.05) is 0 Å². The van der Waals surface area contributed by atoms with Crippen molar-refractivity contribution in [3.8, 4) is 23.3 Å². The molecule has 6 nitrogen and oxygen atoms in total. The highest BCUT2D eigenvalue weighted by Gasteiger charge is 2.12. The van der Waals surface area contributed by atoms with Gasteiger partial charge >= 0.3 is 5.97 Å². The van der Waals surface area contributed by atoms with E-state index in [4.69, 9.17) is 19.0 Å². The Morgan fingerprint density at radius 3 is 2.78 bits per heavy atom. The number of carbonyl (C=O) groups is 1. The van der Waals surface area contributed by atoms with Gasteiger partial charge in [-0.3, -0.25) is 4.79 Å². The van der Waals surface area contributed by atoms with Crippen molar-refractivity contribution >= 4 is 5.97 Å². The van der Waals surface area contributed by atoms with Crippen LogP contribution in [0.15, 0.2) is 59.4 Å². The van der Waals surface area contributed by atoms with E-state index < -0.39 is 5.97 Å². The van der Waals surface area contributed by atoms with Gasteiger partial charge in [-0.15, -0.1) is 0 Å². The van der Waals surface area contributed by atoms with Crippen LogP contribution in [0, 0.1) is 18.3 Å². The van der Waals surface area contributed by atoms with Crippen molar-refractivity contribution in [3.63, 3.8) is 0 Å². The second kappa shape index (κ2) is 8.11. The van der Waals surface area contributed by atoms with E-state index in [9.17, 15) is 10.1 Å². The predicted octanol–water partition coefficient (Wildman–Crippen LogP) is 4.46. The van der Waals surface area contributed by atoms with Crippen molar-refractivity contribution in [2.24, 2.45) is 0 Å². The number of carboxylic acid groups (broad SMARTS) is 1. The Labute approximate surface area is 156 Å². The first-order chi connectivity index (χ1) is 13.1. The zero-order valence-electron chi connectivity index (χ0n) is 14.6. The van der Waals surface area contributed by atoms with E-state index in [1.54, 1.807) is 61.9 Å². The molecule has 0 atom stereocenters. The minimum atomic E-state index is -0.914. The molecule has 0 aliphatic heterocycles. The molecule has 0 unspecified atom stereocenters. The van der Waals surface area contributed by atoms with Gasteiger partial charge < -0.3 is 19.0 Å². The van der Waals surface area contributed by atoms with Crippen LogP contribution in [0.2, 0.25) is 0 Å². The van der Waals surface area contributed by atoms with Crippen LogP contribution in [0.3, 0.4) is 0 Å². The number of nitriles is 1. The summed E-state index contributed by atoms with van der Waals surface area (Å²) < 4.78 is 16.6. The number of carboxylic acids is 1. The molecular formula is C21H17NO5. The third-order valence-electron chi connectivity index (χ3n) is 4.02. The van der Waals surface area contributed by atoms with Crippen molar-refractivity contribution in [2.75, 3.05) is 0 Å². The molecule has 1 aromatic heterocycles. The lowest BCUT2D eigenvalue weighted by molar-refractivity contribution is -0.136. The summed E-state index contributed by atoms with van der Waals surface area (Å²) in [6.07, 6.45) is 3.07. The van der Waals surface area contributed by atoms with E-state index >= 15 is 0 Å². The van der Waals surface area contributed by atoms with Crippen LogP contribution in [0.4, 0.5) is 0 Å². The summed E-state index contributed by atoms with van der Waals surface area (Å²) in [6, 6.07) is 14.1. The third-order valence-corrected chi connectivity index (χ3v) is 4.02. The van der Waals surface area contributed by atoms with Gasteiger partial charge in [0, 0.05) is 11.6 Å². The van der Waals surface area contributed by atoms with Gasteiger partial charge in [0.05, 0.1) is 24.5 Å². The van der Waals surface area contributed by atoms with Crippen molar-refractivity contribution in [1.82, 2.24) is 0 Å². The van der Waals surface area contributed by atoms with Gasteiger partial charge in [-0.05, 0) is 42.3 Å². The van der Waals surface area contributed by atoms with E-state index in [1.165, 1.54) is 0 Å². The lowest BCUT2D eigenvalue weighted by Gasteiger charge is -2.14. The first-order valence-electron chi connectivity index (χ1n) is 8.23. The normalized spacial score (nSPS) is 10.2. The van der Waals surface area contributed by atoms with Crippen molar-refractivity contribution < 1.29 is 23.8 Å². The highest BCUT2D eigenvalue weighted by atomic mass is 16.5. The number of hydrogen-bond donors (Lipinski definition) is 1. The molecule has 2 aromatic carbocycles. The number of rotatable bonds is 7. The SMILES string of the molecule is Cc1c(CC(=O)O)cccc1Oc1cc(OCc2ccoc2)ccc1C#N. The van der Waals surface area contributed by atoms with Gasteiger partial charge in [-0.1, -0.05) is 12.1 Å². The molecule has 1 heterocycles. The van der Waals surface area contributed by atoms with Crippen LogP contribution >= 0.6 is 0 Å². The summed E-state index contributed by atoms with van der Waals surface area (Å²) in [5.41, 5.74) is 2.62. The second-order valence-electron chi connectivity index (χ2n) is 5.90. The number of furan rings is 1. The zero-order valence-corrected chi connectivity index (χ0v) is 14.6. The summed E-state index contributed by atoms with van der Waals surface area (Å²) in [4.78, 5) is 11.0. The molecule has 0 bridgehead atoms. The molecule has 0 spiro atoms. The molecule has 0 aliphatic carbocycles. The fourth-order valence-corrected chi connectivity index (χ4v) is 2.55. The number of hydrogen-bond acceptors (Lipinski definition) is 5. The maximum atomic E-state index is 11.0. The molecule has 3 aromatic rings. The summed E-state index contributed by atoms with van der Waals surface area (Å²) in [7, 11) is 0. The first-order valence-corrected chi connectivity index (χ1v) is 8.23. The van der Waals surface area contributed by atoms with Crippen LogP contribution in [0.1, 0.15) is 22.3 Å². The third kappa shape index (κ3) is 4.47. The summed E-state index contributed by atoms with van der Waals surface area (Å²) in [6.45, 7) is 2.12. The van der Waals surface area contributed by atoms with Crippen molar-refractivity contribution in [2.45, 2.75) is 20.0 Å². The molecule has 3 rings (SSSR count). The maximum absolute atomic E-state index is 11.0. The Hall–Kier alpha value is -3.72. The number of nitrogens with zero attached hydrogens (tertiary/aromatic N) is 1. The lowest BCUT2D eigenvalue weighted by Crippen LogP contribution is -2.03. The Bertz CT molecular complexity index is 986. The average Bonchev–Trinajstić information content (AvgIpc) is 3.17. The summed E-state index contributed by atoms with van der Waals surface area (Å²) in [5.74, 6) is 0.474. The highest BCUT2D eigenvalue weighted by molar-refractivity contribution is 5.71. The fraction of sp³-hybridized carbons (Fsp3) is 0.143. The average molecular weight is 363 g/mol. The minimum absolute atomic E-state index is 0.0952. The zero-order chi connectivity index (χ0) is 19.2. The minimum Gasteiger partial charge on any atom is -0.489 e. The Morgan fingerprint density at radius 2 is 2.07 bits per heavy atom. The molecule has 136 valence electrons. The van der Waals surface area contributed by atoms with Gasteiger partial charge in [0.1, 0.15) is 29.9 Å². The van der Waals surface area contributed by atoms with E-state index in [0.29, 0.717) is 40.5 Å². The van der Waals surface area contributed by atoms with Gasteiger partial charge in [0.25, 0.3) is 0 Å². The van der Waals surface area contributed by atoms with Crippen molar-refractivity contribution in [3.05, 3.63) is 77.2 Å². The van der Waals surface area contributed by atoms with Crippen LogP contribution < -0.4 is 9.47 Å². The summed E-state index contributed by atoms with van der Waals surface area (Å²) in [5, 5.41) is 18.4. The standard InChI is InChI=1S/C21H17NO5/c1-14-16(9-21(23)24)3-2-4-19(14)27-20-10-18(6-5-17(20)11-22)26-13-15-7-8-25-12-15/h2-8,10,12H,9,13H2,1H3,(H,23,24). The van der Waals surface area contributed by atoms with E-state index in [-0.39, 0.29) is 6.42 Å². The van der Waals surface area contributed by atoms with E-state index in [0.717, 1.165) is 5.56 Å². The molecule has 0 saturated heterocycles. The summed E-state index contributed by atoms with van der Waals surface area (Å²) >= 11 is 0. The monoisotopic (exact) mass is 363 g/mol. The smallest absolute Gasteiger partial charge is 0.307 e. The van der Waals surface area contributed by atoms with Crippen molar-refractivity contribution in [1.29, 1.82) is 5.26 Å². The molecule has 0 saturated carbocycles. The highest BCUT2D eigenvalue weighted by Crippen LogP contribution is 2.32. The molecule has 0 fully saturated rings. The Kier molecular flexibility index (Phi) is 5.43. The second-order valence-corrected chi connectivity index (χ2v) is 5.90. The molecule has 27 heavy (non-hydrogen) atoms. The van der Waals surface area contributed by atoms with Crippen LogP contribution in [-0.2, 0) is 17.8 Å². The number of benzene rings is 2. The molecular weight excluding hydrogens is 346 g/mol. The van der Waals surface area contributed by atoms with Gasteiger partial charge in [-0.2, -0.15) is 5.26 Å². The molecule has 1 N–H and O–H groups in total. The molecule has 0 radical (unpaired) electrons. The maximum Gasteiger partial charge on any atom is 0.307 e.